The zero-order valence-corrected chi connectivity index (χ0v) is 14.3. The number of hydrogen-bond acceptors (Lipinski definition) is 4. The van der Waals surface area contributed by atoms with Gasteiger partial charge in [0.2, 0.25) is 10.0 Å². The molecule has 1 heterocycles. The molecule has 0 radical (unpaired) electrons. The molecule has 2 rings (SSSR count). The lowest BCUT2D eigenvalue weighted by Gasteiger charge is -2.28. The van der Waals surface area contributed by atoms with E-state index in [2.05, 4.69) is 23.5 Å². The molecule has 2 unspecified atom stereocenters. The molecule has 0 amide bonds. The van der Waals surface area contributed by atoms with Gasteiger partial charge in [-0.25, -0.2) is 13.1 Å². The second-order valence-electron chi connectivity index (χ2n) is 6.29. The summed E-state index contributed by atoms with van der Waals surface area (Å²) >= 11 is 0. The molecule has 3 atom stereocenters. The van der Waals surface area contributed by atoms with Crippen molar-refractivity contribution in [1.82, 2.24) is 9.62 Å². The Bertz CT molecular complexity index is 593. The van der Waals surface area contributed by atoms with Crippen molar-refractivity contribution in [3.05, 3.63) is 29.8 Å². The maximum absolute atomic E-state index is 12.2. The van der Waals surface area contributed by atoms with Crippen LogP contribution in [0.25, 0.3) is 0 Å². The van der Waals surface area contributed by atoms with Gasteiger partial charge in [0.25, 0.3) is 0 Å². The number of nitrogens with one attached hydrogen (secondary N) is 1. The normalized spacial score (nSPS) is 24.5. The summed E-state index contributed by atoms with van der Waals surface area (Å²) in [5.74, 6) is 0. The van der Waals surface area contributed by atoms with Gasteiger partial charge in [-0.3, -0.25) is 4.90 Å². The summed E-state index contributed by atoms with van der Waals surface area (Å²) in [5.41, 5.74) is 0.892. The number of likely N-dealkylation sites (tertiary alicyclic amines) is 1. The van der Waals surface area contributed by atoms with Gasteiger partial charge in [0.1, 0.15) is 0 Å². The molecule has 1 aliphatic heterocycles. The van der Waals surface area contributed by atoms with Crippen LogP contribution in [0.2, 0.25) is 0 Å². The Hall–Kier alpha value is -0.950. The summed E-state index contributed by atoms with van der Waals surface area (Å²) in [6, 6.07) is 7.64. The van der Waals surface area contributed by atoms with Crippen LogP contribution in [0.1, 0.15) is 32.3 Å². The molecular weight excluding hydrogens is 300 g/mol. The third-order valence-electron chi connectivity index (χ3n) is 4.36. The lowest BCUT2D eigenvalue weighted by Crippen LogP contribution is -2.43. The number of aliphatic hydroxyl groups is 1. The van der Waals surface area contributed by atoms with Crippen LogP contribution in [0.5, 0.6) is 0 Å². The van der Waals surface area contributed by atoms with Gasteiger partial charge in [0.15, 0.2) is 0 Å². The second-order valence-corrected chi connectivity index (χ2v) is 8.06. The van der Waals surface area contributed by atoms with Gasteiger partial charge in [0.05, 0.1) is 11.0 Å². The lowest BCUT2D eigenvalue weighted by molar-refractivity contribution is 0.0941. The second kappa shape index (κ2) is 7.08. The number of benzene rings is 1. The lowest BCUT2D eigenvalue weighted by atomic mass is 10.2. The first kappa shape index (κ1) is 17.4. The fourth-order valence-corrected chi connectivity index (χ4v) is 4.17. The molecule has 0 bridgehead atoms. The van der Waals surface area contributed by atoms with E-state index in [9.17, 15) is 13.5 Å². The molecule has 0 aliphatic carbocycles. The molecule has 6 heteroatoms. The van der Waals surface area contributed by atoms with Crippen LogP contribution in [0.3, 0.4) is 0 Å². The molecule has 1 aromatic rings. The predicted octanol–water partition coefficient (Wildman–Crippen LogP) is 1.51. The van der Waals surface area contributed by atoms with Gasteiger partial charge in [0, 0.05) is 25.2 Å². The zero-order chi connectivity index (χ0) is 16.3. The smallest absolute Gasteiger partial charge is 0.240 e. The predicted molar refractivity (Wildman–Crippen MR) is 87.2 cm³/mol. The molecular formula is C16H26N2O3S. The number of aliphatic hydroxyl groups excluding tert-OH is 1. The fourth-order valence-electron chi connectivity index (χ4n) is 2.99. The van der Waals surface area contributed by atoms with E-state index in [1.807, 2.05) is 13.0 Å². The Morgan fingerprint density at radius 2 is 1.95 bits per heavy atom. The van der Waals surface area contributed by atoms with Crippen molar-refractivity contribution in [2.75, 3.05) is 13.1 Å². The van der Waals surface area contributed by atoms with Crippen molar-refractivity contribution in [3.8, 4) is 0 Å². The minimum Gasteiger partial charge on any atom is -0.390 e. The average Bonchev–Trinajstić information content (AvgIpc) is 2.77. The average molecular weight is 326 g/mol. The van der Waals surface area contributed by atoms with Crippen molar-refractivity contribution in [1.29, 1.82) is 0 Å². The third-order valence-corrected chi connectivity index (χ3v) is 5.79. The standard InChI is InChI=1S/C16H26N2O3S/c1-12-5-4-6-16(9-12)22(20,21)17-10-15(19)11-18-13(2)7-8-14(18)3/h4-6,9,13-15,17,19H,7-8,10-11H2,1-3H3/t13?,14?,15-/m0/s1. The zero-order valence-electron chi connectivity index (χ0n) is 13.5. The molecule has 0 saturated carbocycles. The van der Waals surface area contributed by atoms with Crippen LogP contribution in [-0.4, -0.2) is 49.7 Å². The molecule has 1 fully saturated rings. The minimum atomic E-state index is -3.57. The van der Waals surface area contributed by atoms with Crippen molar-refractivity contribution >= 4 is 10.0 Å². The topological polar surface area (TPSA) is 69.6 Å². The highest BCUT2D eigenvalue weighted by molar-refractivity contribution is 7.89. The maximum atomic E-state index is 12.2. The van der Waals surface area contributed by atoms with Gasteiger partial charge < -0.3 is 5.11 Å². The minimum absolute atomic E-state index is 0.0339. The maximum Gasteiger partial charge on any atom is 0.240 e. The Morgan fingerprint density at radius 1 is 1.32 bits per heavy atom. The Morgan fingerprint density at radius 3 is 2.55 bits per heavy atom. The summed E-state index contributed by atoms with van der Waals surface area (Å²) in [7, 11) is -3.57. The van der Waals surface area contributed by atoms with E-state index in [4.69, 9.17) is 0 Å². The highest BCUT2D eigenvalue weighted by atomic mass is 32.2. The molecule has 0 aromatic heterocycles. The third kappa shape index (κ3) is 4.29. The van der Waals surface area contributed by atoms with Crippen LogP contribution >= 0.6 is 0 Å². The van der Waals surface area contributed by atoms with Crippen molar-refractivity contribution in [3.63, 3.8) is 0 Å². The number of nitrogens with zero attached hydrogens (tertiary/aromatic N) is 1. The first-order valence-electron chi connectivity index (χ1n) is 7.80. The van der Waals surface area contributed by atoms with Crippen LogP contribution in [0, 0.1) is 6.92 Å². The number of rotatable bonds is 6. The van der Waals surface area contributed by atoms with Gasteiger partial charge in [-0.05, 0) is 51.3 Å². The molecule has 1 aliphatic rings. The molecule has 2 N–H and O–H groups in total. The Labute approximate surface area is 133 Å². The summed E-state index contributed by atoms with van der Waals surface area (Å²) < 4.78 is 26.9. The number of sulfonamides is 1. The van der Waals surface area contributed by atoms with E-state index >= 15 is 0 Å². The monoisotopic (exact) mass is 326 g/mol. The SMILES string of the molecule is Cc1cccc(S(=O)(=O)NC[C@H](O)CN2C(C)CCC2C)c1. The summed E-state index contributed by atoms with van der Waals surface area (Å²) in [4.78, 5) is 2.48. The fraction of sp³-hybridized carbons (Fsp3) is 0.625. The van der Waals surface area contributed by atoms with E-state index in [0.717, 1.165) is 18.4 Å². The van der Waals surface area contributed by atoms with Gasteiger partial charge in [-0.1, -0.05) is 12.1 Å². The highest BCUT2D eigenvalue weighted by Crippen LogP contribution is 2.23. The first-order chi connectivity index (χ1) is 10.3. The number of aryl methyl sites for hydroxylation is 1. The van der Waals surface area contributed by atoms with Crippen LogP contribution < -0.4 is 4.72 Å². The molecule has 5 nitrogen and oxygen atoms in total. The Balaban J connectivity index is 1.91. The van der Waals surface area contributed by atoms with Gasteiger partial charge in [-0.2, -0.15) is 0 Å². The molecule has 22 heavy (non-hydrogen) atoms. The van der Waals surface area contributed by atoms with E-state index in [1.54, 1.807) is 18.2 Å². The van der Waals surface area contributed by atoms with Crippen molar-refractivity contribution in [2.45, 2.75) is 56.7 Å². The van der Waals surface area contributed by atoms with E-state index < -0.39 is 16.1 Å². The first-order valence-corrected chi connectivity index (χ1v) is 9.28. The molecule has 124 valence electrons. The number of hydrogen-bond donors (Lipinski definition) is 2. The Kier molecular flexibility index (Phi) is 5.60. The van der Waals surface area contributed by atoms with Gasteiger partial charge >= 0.3 is 0 Å². The largest absolute Gasteiger partial charge is 0.390 e. The summed E-state index contributed by atoms with van der Waals surface area (Å²) in [5, 5.41) is 10.1. The highest BCUT2D eigenvalue weighted by Gasteiger charge is 2.29. The number of β-amino-alcohol motifs (C(OH)–C–C–N with tert-alkyl or cyclic N) is 1. The van der Waals surface area contributed by atoms with E-state index in [0.29, 0.717) is 18.6 Å². The van der Waals surface area contributed by atoms with E-state index in [-0.39, 0.29) is 11.4 Å². The molecule has 1 saturated heterocycles. The van der Waals surface area contributed by atoms with Gasteiger partial charge in [-0.15, -0.1) is 0 Å². The van der Waals surface area contributed by atoms with Crippen LogP contribution in [0.15, 0.2) is 29.2 Å². The van der Waals surface area contributed by atoms with Crippen LogP contribution in [-0.2, 0) is 10.0 Å². The summed E-state index contributed by atoms with van der Waals surface area (Å²) in [6.45, 7) is 6.68. The van der Waals surface area contributed by atoms with Crippen molar-refractivity contribution in [2.24, 2.45) is 0 Å². The molecule has 0 spiro atoms. The van der Waals surface area contributed by atoms with E-state index in [1.165, 1.54) is 0 Å². The quantitative estimate of drug-likeness (QED) is 0.831. The summed E-state index contributed by atoms with van der Waals surface area (Å²) in [6.07, 6.45) is 1.55. The van der Waals surface area contributed by atoms with Crippen molar-refractivity contribution < 1.29 is 13.5 Å². The molecule has 1 aromatic carbocycles. The van der Waals surface area contributed by atoms with Crippen LogP contribution in [0.4, 0.5) is 0 Å².